The van der Waals surface area contributed by atoms with E-state index in [-0.39, 0.29) is 24.5 Å². The molecule has 5 nitrogen and oxygen atoms in total. The maximum absolute atomic E-state index is 13.2. The standard InChI is InChI=1S/C25H33ClN2O3/c1-6-18(4)27-25(30)22(7-2)28(15-20-11-13-21(26)14-12-20)24(29)16-31-23-10-8-9-17(3)19(23)5/h8-14,18,22H,6-7,15-16H2,1-5H3,(H,27,30)/t18-,22-/m0/s1. The van der Waals surface area contributed by atoms with Gasteiger partial charge in [0.25, 0.3) is 5.91 Å². The van der Waals surface area contributed by atoms with Gasteiger partial charge in [0.15, 0.2) is 6.61 Å². The van der Waals surface area contributed by atoms with Crippen molar-refractivity contribution >= 4 is 23.4 Å². The number of benzene rings is 2. The summed E-state index contributed by atoms with van der Waals surface area (Å²) in [7, 11) is 0. The number of nitrogens with one attached hydrogen (secondary N) is 1. The first-order chi connectivity index (χ1) is 14.8. The molecule has 2 aromatic rings. The molecule has 0 saturated heterocycles. The highest BCUT2D eigenvalue weighted by Crippen LogP contribution is 2.21. The molecule has 31 heavy (non-hydrogen) atoms. The molecule has 168 valence electrons. The van der Waals surface area contributed by atoms with Gasteiger partial charge in [0.2, 0.25) is 5.91 Å². The highest BCUT2D eigenvalue weighted by molar-refractivity contribution is 6.30. The van der Waals surface area contributed by atoms with Crippen molar-refractivity contribution < 1.29 is 14.3 Å². The molecular formula is C25H33ClN2O3. The minimum atomic E-state index is -0.584. The molecule has 0 aliphatic rings. The average Bonchev–Trinajstić information content (AvgIpc) is 2.75. The summed E-state index contributed by atoms with van der Waals surface area (Å²) >= 11 is 6.00. The molecule has 2 amide bonds. The Morgan fingerprint density at radius 1 is 1.06 bits per heavy atom. The lowest BCUT2D eigenvalue weighted by Gasteiger charge is -2.31. The lowest BCUT2D eigenvalue weighted by atomic mass is 10.1. The van der Waals surface area contributed by atoms with Crippen molar-refractivity contribution in [2.45, 2.75) is 66.1 Å². The number of rotatable bonds is 10. The molecule has 0 spiro atoms. The molecule has 0 aliphatic carbocycles. The van der Waals surface area contributed by atoms with E-state index >= 15 is 0 Å². The number of hydrogen-bond acceptors (Lipinski definition) is 3. The van der Waals surface area contributed by atoms with E-state index in [9.17, 15) is 9.59 Å². The molecule has 0 aliphatic heterocycles. The summed E-state index contributed by atoms with van der Waals surface area (Å²) in [5.74, 6) is 0.296. The normalized spacial score (nSPS) is 12.7. The third-order valence-corrected chi connectivity index (χ3v) is 5.81. The summed E-state index contributed by atoms with van der Waals surface area (Å²) in [5.41, 5.74) is 3.00. The summed E-state index contributed by atoms with van der Waals surface area (Å²) in [6, 6.07) is 12.5. The fourth-order valence-electron chi connectivity index (χ4n) is 3.25. The van der Waals surface area contributed by atoms with Crippen molar-refractivity contribution in [2.75, 3.05) is 6.61 Å². The number of halogens is 1. The zero-order valence-corrected chi connectivity index (χ0v) is 19.8. The fraction of sp³-hybridized carbons (Fsp3) is 0.440. The predicted octanol–water partition coefficient (Wildman–Crippen LogP) is 5.06. The Bertz CT molecular complexity index is 883. The Balaban J connectivity index is 2.23. The monoisotopic (exact) mass is 444 g/mol. The van der Waals surface area contributed by atoms with Crippen LogP contribution in [0.5, 0.6) is 5.75 Å². The molecule has 0 bridgehead atoms. The summed E-state index contributed by atoms with van der Waals surface area (Å²) in [4.78, 5) is 27.8. The van der Waals surface area contributed by atoms with Gasteiger partial charge in [-0.2, -0.15) is 0 Å². The van der Waals surface area contributed by atoms with Gasteiger partial charge < -0.3 is 15.0 Å². The molecule has 2 atom stereocenters. The van der Waals surface area contributed by atoms with Crippen molar-refractivity contribution in [1.82, 2.24) is 10.2 Å². The van der Waals surface area contributed by atoms with Gasteiger partial charge in [0.05, 0.1) is 0 Å². The van der Waals surface area contributed by atoms with E-state index < -0.39 is 6.04 Å². The number of aryl methyl sites for hydroxylation is 1. The van der Waals surface area contributed by atoms with Crippen molar-refractivity contribution in [3.8, 4) is 5.75 Å². The quantitative estimate of drug-likeness (QED) is 0.557. The minimum absolute atomic E-state index is 0.0419. The second-order valence-corrected chi connectivity index (χ2v) is 8.31. The third-order valence-electron chi connectivity index (χ3n) is 5.56. The topological polar surface area (TPSA) is 58.6 Å². The van der Waals surface area contributed by atoms with E-state index in [0.717, 1.165) is 23.1 Å². The summed E-state index contributed by atoms with van der Waals surface area (Å²) < 4.78 is 5.85. The smallest absolute Gasteiger partial charge is 0.261 e. The van der Waals surface area contributed by atoms with Crippen LogP contribution < -0.4 is 10.1 Å². The first kappa shape index (κ1) is 24.7. The first-order valence-corrected chi connectivity index (χ1v) is 11.2. The molecule has 0 unspecified atom stereocenters. The molecule has 0 aromatic heterocycles. The van der Waals surface area contributed by atoms with Crippen LogP contribution >= 0.6 is 11.6 Å². The Hall–Kier alpha value is -2.53. The van der Waals surface area contributed by atoms with Gasteiger partial charge in [0.1, 0.15) is 11.8 Å². The third kappa shape index (κ3) is 7.00. The summed E-state index contributed by atoms with van der Waals surface area (Å²) in [6.45, 7) is 10.0. The van der Waals surface area contributed by atoms with Crippen molar-refractivity contribution in [3.05, 3.63) is 64.2 Å². The van der Waals surface area contributed by atoms with Gasteiger partial charge >= 0.3 is 0 Å². The Morgan fingerprint density at radius 2 is 1.74 bits per heavy atom. The summed E-state index contributed by atoms with van der Waals surface area (Å²) in [6.07, 6.45) is 1.33. The van der Waals surface area contributed by atoms with Crippen LogP contribution in [0.2, 0.25) is 5.02 Å². The van der Waals surface area contributed by atoms with Crippen molar-refractivity contribution in [1.29, 1.82) is 0 Å². The lowest BCUT2D eigenvalue weighted by Crippen LogP contribution is -2.51. The molecule has 0 radical (unpaired) electrons. The second-order valence-electron chi connectivity index (χ2n) is 7.88. The predicted molar refractivity (Wildman–Crippen MR) is 125 cm³/mol. The maximum Gasteiger partial charge on any atom is 0.261 e. The van der Waals surface area contributed by atoms with Crippen molar-refractivity contribution in [2.24, 2.45) is 0 Å². The summed E-state index contributed by atoms with van der Waals surface area (Å²) in [5, 5.41) is 3.63. The fourth-order valence-corrected chi connectivity index (χ4v) is 3.38. The minimum Gasteiger partial charge on any atom is -0.483 e. The maximum atomic E-state index is 13.2. The molecule has 2 rings (SSSR count). The van der Waals surface area contributed by atoms with E-state index in [1.807, 2.05) is 65.0 Å². The second kappa shape index (κ2) is 11.8. The first-order valence-electron chi connectivity index (χ1n) is 10.8. The molecule has 0 fully saturated rings. The molecule has 1 N–H and O–H groups in total. The largest absolute Gasteiger partial charge is 0.483 e. The zero-order chi connectivity index (χ0) is 23.0. The number of ether oxygens (including phenoxy) is 1. The Morgan fingerprint density at radius 3 is 2.35 bits per heavy atom. The van der Waals surface area contributed by atoms with Gasteiger partial charge in [-0.25, -0.2) is 0 Å². The van der Waals surface area contributed by atoms with E-state index in [1.54, 1.807) is 17.0 Å². The van der Waals surface area contributed by atoms with Crippen molar-refractivity contribution in [3.63, 3.8) is 0 Å². The van der Waals surface area contributed by atoms with Gasteiger partial charge in [-0.05, 0) is 68.5 Å². The van der Waals surface area contributed by atoms with Gasteiger partial charge in [0, 0.05) is 17.6 Å². The van der Waals surface area contributed by atoms with Crippen LogP contribution in [0.1, 0.15) is 50.3 Å². The number of carbonyl (C=O) groups is 2. The zero-order valence-electron chi connectivity index (χ0n) is 19.1. The van der Waals surface area contributed by atoms with Crippen LogP contribution in [0.25, 0.3) is 0 Å². The van der Waals surface area contributed by atoms with E-state index in [2.05, 4.69) is 5.32 Å². The van der Waals surface area contributed by atoms with Gasteiger partial charge in [-0.3, -0.25) is 9.59 Å². The van der Waals surface area contributed by atoms with Crippen LogP contribution in [-0.2, 0) is 16.1 Å². The number of amides is 2. The molecule has 0 heterocycles. The lowest BCUT2D eigenvalue weighted by molar-refractivity contribution is -0.143. The van der Waals surface area contributed by atoms with Gasteiger partial charge in [-0.15, -0.1) is 0 Å². The highest BCUT2D eigenvalue weighted by atomic mass is 35.5. The average molecular weight is 445 g/mol. The van der Waals surface area contributed by atoms with Crippen LogP contribution in [0.3, 0.4) is 0 Å². The van der Waals surface area contributed by atoms with E-state index in [4.69, 9.17) is 16.3 Å². The highest BCUT2D eigenvalue weighted by Gasteiger charge is 2.29. The van der Waals surface area contributed by atoms with Crippen LogP contribution in [0, 0.1) is 13.8 Å². The van der Waals surface area contributed by atoms with E-state index in [0.29, 0.717) is 23.7 Å². The molecular weight excluding hydrogens is 412 g/mol. The molecule has 2 aromatic carbocycles. The van der Waals surface area contributed by atoms with Crippen LogP contribution in [0.4, 0.5) is 0 Å². The van der Waals surface area contributed by atoms with E-state index in [1.165, 1.54) is 0 Å². The SMILES string of the molecule is CC[C@H](C)NC(=O)[C@H](CC)N(Cc1ccc(Cl)cc1)C(=O)COc1cccc(C)c1C. The number of carbonyl (C=O) groups excluding carboxylic acids is 2. The number of hydrogen-bond donors (Lipinski definition) is 1. The van der Waals surface area contributed by atoms with Crippen LogP contribution in [-0.4, -0.2) is 35.4 Å². The Kier molecular flexibility index (Phi) is 9.38. The Labute approximate surface area is 190 Å². The molecule has 6 heteroatoms. The molecule has 0 saturated carbocycles. The van der Waals surface area contributed by atoms with Crippen LogP contribution in [0.15, 0.2) is 42.5 Å². The van der Waals surface area contributed by atoms with Gasteiger partial charge in [-0.1, -0.05) is 49.7 Å². The number of nitrogens with zero attached hydrogens (tertiary/aromatic N) is 1.